The van der Waals surface area contributed by atoms with Crippen molar-refractivity contribution in [2.75, 3.05) is 14.1 Å². The lowest BCUT2D eigenvalue weighted by atomic mass is 10.0. The molecule has 1 aliphatic heterocycles. The summed E-state index contributed by atoms with van der Waals surface area (Å²) in [5, 5.41) is 0. The third-order valence-corrected chi connectivity index (χ3v) is 6.10. The van der Waals surface area contributed by atoms with Gasteiger partial charge in [0.15, 0.2) is 11.9 Å². The lowest BCUT2D eigenvalue weighted by molar-refractivity contribution is -0.137. The summed E-state index contributed by atoms with van der Waals surface area (Å²) >= 11 is 0. The molecular formula is C19H17NO6S. The highest BCUT2D eigenvalue weighted by Crippen LogP contribution is 2.34. The molecule has 3 rings (SSSR count). The van der Waals surface area contributed by atoms with Crippen LogP contribution in [0.2, 0.25) is 0 Å². The van der Waals surface area contributed by atoms with Crippen LogP contribution in [0.1, 0.15) is 33.2 Å². The zero-order valence-corrected chi connectivity index (χ0v) is 15.7. The molecule has 7 nitrogen and oxygen atoms in total. The number of benzene rings is 2. The fourth-order valence-electron chi connectivity index (χ4n) is 2.85. The van der Waals surface area contributed by atoms with Crippen LogP contribution in [0.25, 0.3) is 0 Å². The van der Waals surface area contributed by atoms with Crippen molar-refractivity contribution in [2.45, 2.75) is 22.8 Å². The predicted octanol–water partition coefficient (Wildman–Crippen LogP) is 1.70. The quantitative estimate of drug-likeness (QED) is 0.635. The molecule has 0 fully saturated rings. The molecule has 0 N–H and O–H groups in total. The molecule has 2 aromatic carbocycles. The zero-order chi connectivity index (χ0) is 19.9. The Morgan fingerprint density at radius 3 is 2.30 bits per heavy atom. The van der Waals surface area contributed by atoms with E-state index >= 15 is 0 Å². The van der Waals surface area contributed by atoms with E-state index in [1.165, 1.54) is 56.3 Å². The van der Waals surface area contributed by atoms with Crippen LogP contribution < -0.4 is 0 Å². The van der Waals surface area contributed by atoms with E-state index in [1.54, 1.807) is 6.07 Å². The first kappa shape index (κ1) is 18.8. The number of carbonyl (C=O) groups is 3. The van der Waals surface area contributed by atoms with Crippen LogP contribution >= 0.6 is 0 Å². The minimum Gasteiger partial charge on any atom is -0.449 e. The first-order chi connectivity index (χ1) is 12.6. The Morgan fingerprint density at radius 2 is 1.63 bits per heavy atom. The van der Waals surface area contributed by atoms with Crippen LogP contribution in [-0.2, 0) is 19.4 Å². The van der Waals surface area contributed by atoms with Crippen LogP contribution in [0, 0.1) is 0 Å². The third kappa shape index (κ3) is 3.12. The van der Waals surface area contributed by atoms with Crippen LogP contribution in [0.3, 0.4) is 0 Å². The average molecular weight is 387 g/mol. The Morgan fingerprint density at radius 1 is 1.00 bits per heavy atom. The lowest BCUT2D eigenvalue weighted by Gasteiger charge is -2.20. The minimum atomic E-state index is -3.95. The number of hydrogen-bond acceptors (Lipinski definition) is 6. The molecule has 0 bridgehead atoms. The molecule has 8 heteroatoms. The van der Waals surface area contributed by atoms with Crippen molar-refractivity contribution in [1.82, 2.24) is 4.90 Å². The van der Waals surface area contributed by atoms with E-state index in [-0.39, 0.29) is 26.5 Å². The van der Waals surface area contributed by atoms with Gasteiger partial charge in [0.05, 0.1) is 15.4 Å². The fourth-order valence-corrected chi connectivity index (χ4v) is 4.53. The van der Waals surface area contributed by atoms with Gasteiger partial charge in [-0.25, -0.2) is 13.2 Å². The van der Waals surface area contributed by atoms with Gasteiger partial charge in [0.1, 0.15) is 0 Å². The highest BCUT2D eigenvalue weighted by atomic mass is 32.2. The maximum absolute atomic E-state index is 12.9. The van der Waals surface area contributed by atoms with Crippen LogP contribution in [0.4, 0.5) is 0 Å². The first-order valence-corrected chi connectivity index (χ1v) is 9.58. The average Bonchev–Trinajstić information content (AvgIpc) is 2.65. The number of fused-ring (bicyclic) bond motifs is 2. The Bertz CT molecular complexity index is 1070. The molecule has 0 unspecified atom stereocenters. The van der Waals surface area contributed by atoms with Crippen molar-refractivity contribution < 1.29 is 27.5 Å². The maximum atomic E-state index is 12.9. The van der Waals surface area contributed by atoms with Crippen molar-refractivity contribution >= 4 is 27.5 Å². The van der Waals surface area contributed by atoms with Crippen LogP contribution in [-0.4, -0.2) is 51.2 Å². The predicted molar refractivity (Wildman–Crippen MR) is 95.3 cm³/mol. The molecule has 2 aromatic rings. The van der Waals surface area contributed by atoms with Crippen molar-refractivity contribution in [3.63, 3.8) is 0 Å². The van der Waals surface area contributed by atoms with E-state index in [2.05, 4.69) is 0 Å². The standard InChI is InChI=1S/C19H17NO6S/c1-11(18(22)20(2)3)26-19(23)12-8-9-14-16(10-12)27(24,25)15-7-5-4-6-13(15)17(14)21/h4-11H,1-3H3/t11-/m0/s1. The summed E-state index contributed by atoms with van der Waals surface area (Å²) in [6.45, 7) is 1.43. The van der Waals surface area contributed by atoms with Gasteiger partial charge in [-0.3, -0.25) is 9.59 Å². The summed E-state index contributed by atoms with van der Waals surface area (Å²) in [5.41, 5.74) is 0.0520. The number of hydrogen-bond donors (Lipinski definition) is 0. The number of amides is 1. The normalized spacial score (nSPS) is 15.3. The molecule has 1 aliphatic rings. The summed E-state index contributed by atoms with van der Waals surface area (Å²) in [6.07, 6.45) is -1.03. The maximum Gasteiger partial charge on any atom is 0.338 e. The topological polar surface area (TPSA) is 97.8 Å². The Hall–Kier alpha value is -3.00. The molecular weight excluding hydrogens is 370 g/mol. The van der Waals surface area contributed by atoms with E-state index in [9.17, 15) is 22.8 Å². The minimum absolute atomic E-state index is 0.00247. The second-order valence-electron chi connectivity index (χ2n) is 6.32. The number of likely N-dealkylation sites (N-methyl/N-ethyl adjacent to an activating group) is 1. The van der Waals surface area contributed by atoms with Crippen molar-refractivity contribution in [2.24, 2.45) is 0 Å². The van der Waals surface area contributed by atoms with Gasteiger partial charge in [0.2, 0.25) is 9.84 Å². The number of sulfone groups is 1. The van der Waals surface area contributed by atoms with Gasteiger partial charge in [-0.2, -0.15) is 0 Å². The van der Waals surface area contributed by atoms with E-state index in [0.717, 1.165) is 6.07 Å². The molecule has 0 aliphatic carbocycles. The second-order valence-corrected chi connectivity index (χ2v) is 8.21. The van der Waals surface area contributed by atoms with Gasteiger partial charge in [0.25, 0.3) is 5.91 Å². The fraction of sp³-hybridized carbons (Fsp3) is 0.211. The smallest absolute Gasteiger partial charge is 0.338 e. The molecule has 0 spiro atoms. The number of ether oxygens (including phenoxy) is 1. The molecule has 1 atom stereocenters. The number of nitrogens with zero attached hydrogens (tertiary/aromatic N) is 1. The molecule has 1 heterocycles. The number of ketones is 1. The summed E-state index contributed by atoms with van der Waals surface area (Å²) in [7, 11) is -0.894. The number of esters is 1. The Labute approximate surface area is 156 Å². The van der Waals surface area contributed by atoms with Gasteiger partial charge < -0.3 is 9.64 Å². The SMILES string of the molecule is C[C@H](OC(=O)c1ccc2c(c1)S(=O)(=O)c1ccccc1C2=O)C(=O)N(C)C. The third-order valence-electron chi connectivity index (χ3n) is 4.25. The van der Waals surface area contributed by atoms with Crippen molar-refractivity contribution in [1.29, 1.82) is 0 Å². The molecule has 0 radical (unpaired) electrons. The van der Waals surface area contributed by atoms with Crippen LogP contribution in [0.5, 0.6) is 0 Å². The van der Waals surface area contributed by atoms with Crippen LogP contribution in [0.15, 0.2) is 52.3 Å². The van der Waals surface area contributed by atoms with E-state index < -0.39 is 33.6 Å². The largest absolute Gasteiger partial charge is 0.449 e. The summed E-state index contributed by atoms with van der Waals surface area (Å²) in [4.78, 5) is 37.7. The molecule has 0 aromatic heterocycles. The lowest BCUT2D eigenvalue weighted by Crippen LogP contribution is -2.35. The van der Waals surface area contributed by atoms with E-state index in [4.69, 9.17) is 4.74 Å². The highest BCUT2D eigenvalue weighted by Gasteiger charge is 2.35. The zero-order valence-electron chi connectivity index (χ0n) is 14.9. The van der Waals surface area contributed by atoms with Gasteiger partial charge in [-0.15, -0.1) is 0 Å². The van der Waals surface area contributed by atoms with Crippen molar-refractivity contribution in [3.8, 4) is 0 Å². The van der Waals surface area contributed by atoms with Gasteiger partial charge in [-0.1, -0.05) is 12.1 Å². The number of rotatable bonds is 3. The molecule has 0 saturated heterocycles. The monoisotopic (exact) mass is 387 g/mol. The molecule has 0 saturated carbocycles. The summed E-state index contributed by atoms with van der Waals surface area (Å²) in [6, 6.07) is 9.65. The first-order valence-electron chi connectivity index (χ1n) is 8.09. The van der Waals surface area contributed by atoms with Crippen molar-refractivity contribution in [3.05, 3.63) is 59.2 Å². The van der Waals surface area contributed by atoms with Gasteiger partial charge in [0, 0.05) is 25.2 Å². The molecule has 1 amide bonds. The summed E-state index contributed by atoms with van der Waals surface area (Å²) < 4.78 is 30.8. The van der Waals surface area contributed by atoms with E-state index in [1.807, 2.05) is 0 Å². The number of carbonyl (C=O) groups excluding carboxylic acids is 3. The Kier molecular flexibility index (Phi) is 4.61. The van der Waals surface area contributed by atoms with E-state index in [0.29, 0.717) is 0 Å². The second kappa shape index (κ2) is 6.62. The highest BCUT2D eigenvalue weighted by molar-refractivity contribution is 7.91. The molecule has 140 valence electrons. The Balaban J connectivity index is 2.00. The molecule has 27 heavy (non-hydrogen) atoms. The summed E-state index contributed by atoms with van der Waals surface area (Å²) in [5.74, 6) is -1.67. The van der Waals surface area contributed by atoms with Gasteiger partial charge in [-0.05, 0) is 37.3 Å². The van der Waals surface area contributed by atoms with Gasteiger partial charge >= 0.3 is 5.97 Å².